The van der Waals surface area contributed by atoms with Crippen molar-refractivity contribution < 1.29 is 43.2 Å². The predicted octanol–water partition coefficient (Wildman–Crippen LogP) is 3.51. The number of rotatable bonds is 9. The molecule has 3 aromatic carbocycles. The van der Waals surface area contributed by atoms with Gasteiger partial charge in [0.15, 0.2) is 18.5 Å². The Kier molecular flexibility index (Phi) is 9.31. The van der Waals surface area contributed by atoms with Crippen molar-refractivity contribution >= 4 is 17.9 Å². The van der Waals surface area contributed by atoms with Crippen LogP contribution in [-0.4, -0.2) is 60.3 Å². The van der Waals surface area contributed by atoms with Gasteiger partial charge in [-0.3, -0.25) is 14.4 Å². The second kappa shape index (κ2) is 12.9. The van der Waals surface area contributed by atoms with E-state index in [4.69, 9.17) is 23.7 Å². The summed E-state index contributed by atoms with van der Waals surface area (Å²) in [5.74, 6) is -1.96. The molecule has 0 unspecified atom stereocenters. The van der Waals surface area contributed by atoms with E-state index in [1.807, 2.05) is 91.0 Å². The maximum atomic E-state index is 12.3. The van der Waals surface area contributed by atoms with Crippen molar-refractivity contribution in [1.29, 1.82) is 0 Å². The summed E-state index contributed by atoms with van der Waals surface area (Å²) in [6.45, 7) is 3.28. The van der Waals surface area contributed by atoms with Crippen LogP contribution in [0.4, 0.5) is 0 Å². The third kappa shape index (κ3) is 6.39. The van der Waals surface area contributed by atoms with Gasteiger partial charge in [-0.1, -0.05) is 91.0 Å². The lowest BCUT2D eigenvalue weighted by Gasteiger charge is -2.47. The Morgan fingerprint density at radius 1 is 0.675 bits per heavy atom. The Labute approximate surface area is 232 Å². The van der Waals surface area contributed by atoms with Crippen LogP contribution in [0.15, 0.2) is 91.0 Å². The summed E-state index contributed by atoms with van der Waals surface area (Å²) < 4.78 is 29.1. The maximum Gasteiger partial charge on any atom is 0.303 e. The minimum Gasteiger partial charge on any atom is -0.463 e. The van der Waals surface area contributed by atoms with Gasteiger partial charge >= 0.3 is 17.9 Å². The molecule has 1 aliphatic heterocycles. The Balaban J connectivity index is 1.95. The Hall–Kier alpha value is -4.05. The van der Waals surface area contributed by atoms with Gasteiger partial charge in [0.2, 0.25) is 0 Å². The van der Waals surface area contributed by atoms with Crippen LogP contribution in [-0.2, 0) is 43.7 Å². The number of aliphatic hydroxyl groups excluding tert-OH is 1. The largest absolute Gasteiger partial charge is 0.463 e. The first-order valence-electron chi connectivity index (χ1n) is 12.9. The van der Waals surface area contributed by atoms with Gasteiger partial charge in [-0.25, -0.2) is 0 Å². The molecule has 1 saturated heterocycles. The fraction of sp³-hybridized carbons (Fsp3) is 0.323. The van der Waals surface area contributed by atoms with Crippen molar-refractivity contribution in [3.8, 4) is 0 Å². The van der Waals surface area contributed by atoms with Crippen LogP contribution in [0, 0.1) is 0 Å². The average molecular weight is 549 g/mol. The number of hydrogen-bond donors (Lipinski definition) is 1. The molecule has 9 heteroatoms. The topological polar surface area (TPSA) is 118 Å². The minimum absolute atomic E-state index is 0.341. The van der Waals surface area contributed by atoms with Gasteiger partial charge in [0, 0.05) is 20.8 Å². The van der Waals surface area contributed by atoms with Gasteiger partial charge in [-0.2, -0.15) is 0 Å². The van der Waals surface area contributed by atoms with Crippen LogP contribution in [0.1, 0.15) is 37.5 Å². The number of aliphatic hydroxyl groups is 1. The van der Waals surface area contributed by atoms with Crippen LogP contribution in [0.3, 0.4) is 0 Å². The minimum atomic E-state index is -1.68. The third-order valence-electron chi connectivity index (χ3n) is 6.52. The maximum absolute atomic E-state index is 12.3. The fourth-order valence-electron chi connectivity index (χ4n) is 4.94. The molecule has 0 radical (unpaired) electrons. The highest BCUT2D eigenvalue weighted by Crippen LogP contribution is 2.44. The second-order valence-electron chi connectivity index (χ2n) is 9.38. The molecule has 0 spiro atoms. The lowest BCUT2D eigenvalue weighted by molar-refractivity contribution is -0.310. The zero-order valence-corrected chi connectivity index (χ0v) is 22.5. The summed E-state index contributed by atoms with van der Waals surface area (Å²) in [7, 11) is 0. The monoisotopic (exact) mass is 548 g/mol. The molecule has 40 heavy (non-hydrogen) atoms. The number of hydrogen-bond acceptors (Lipinski definition) is 9. The molecule has 1 aliphatic rings. The van der Waals surface area contributed by atoms with Crippen LogP contribution in [0.2, 0.25) is 0 Å². The van der Waals surface area contributed by atoms with Crippen molar-refractivity contribution in [2.45, 2.75) is 57.1 Å². The summed E-state index contributed by atoms with van der Waals surface area (Å²) in [5.41, 5.74) is 0.864. The number of carbonyl (C=O) groups excluding carboxylic acids is 3. The lowest BCUT2D eigenvalue weighted by atomic mass is 9.79. The predicted molar refractivity (Wildman–Crippen MR) is 143 cm³/mol. The smallest absolute Gasteiger partial charge is 0.303 e. The summed E-state index contributed by atoms with van der Waals surface area (Å²) in [6.07, 6.45) is -6.70. The molecule has 4 rings (SSSR count). The summed E-state index contributed by atoms with van der Waals surface area (Å²) in [4.78, 5) is 36.1. The summed E-state index contributed by atoms with van der Waals surface area (Å²) in [5, 5.41) is 11.0. The Morgan fingerprint density at radius 2 is 1.10 bits per heavy atom. The highest BCUT2D eigenvalue weighted by atomic mass is 16.7. The Bertz CT molecular complexity index is 1180. The number of benzene rings is 3. The molecule has 1 heterocycles. The standard InChI is InChI=1S/C31H32O9/c1-20(32)36-19-26-27(37-21(2)33)28(29(30(35)39-26)38-22(3)34)40-31(23-13-7-4-8-14-23,24-15-9-5-10-16-24)25-17-11-6-12-18-25/h4-18,26-30,35H,19H2,1-3H3/t26-,27+,28+,29-,30-/m1/s1. The van der Waals surface area contributed by atoms with Crippen molar-refractivity contribution in [2.75, 3.05) is 6.61 Å². The van der Waals surface area contributed by atoms with Gasteiger partial charge in [0.25, 0.3) is 0 Å². The van der Waals surface area contributed by atoms with Crippen molar-refractivity contribution in [1.82, 2.24) is 0 Å². The van der Waals surface area contributed by atoms with Crippen LogP contribution >= 0.6 is 0 Å². The molecule has 210 valence electrons. The first-order chi connectivity index (χ1) is 19.2. The first-order valence-corrected chi connectivity index (χ1v) is 12.9. The normalized spacial score (nSPS) is 22.6. The van der Waals surface area contributed by atoms with E-state index in [0.717, 1.165) is 16.7 Å². The van der Waals surface area contributed by atoms with Crippen molar-refractivity contribution in [2.24, 2.45) is 0 Å². The number of ether oxygens (including phenoxy) is 5. The van der Waals surface area contributed by atoms with E-state index in [2.05, 4.69) is 0 Å². The van der Waals surface area contributed by atoms with Crippen molar-refractivity contribution in [3.63, 3.8) is 0 Å². The molecule has 0 saturated carbocycles. The van der Waals surface area contributed by atoms with E-state index in [1.165, 1.54) is 20.8 Å². The molecular weight excluding hydrogens is 516 g/mol. The Morgan fingerprint density at radius 3 is 1.50 bits per heavy atom. The van der Waals surface area contributed by atoms with E-state index >= 15 is 0 Å². The zero-order chi connectivity index (χ0) is 28.7. The van der Waals surface area contributed by atoms with E-state index < -0.39 is 54.2 Å². The van der Waals surface area contributed by atoms with Crippen LogP contribution < -0.4 is 0 Å². The van der Waals surface area contributed by atoms with Gasteiger partial charge in [-0.05, 0) is 16.7 Å². The highest BCUT2D eigenvalue weighted by Gasteiger charge is 2.54. The van der Waals surface area contributed by atoms with E-state index in [1.54, 1.807) is 0 Å². The average Bonchev–Trinajstić information content (AvgIpc) is 2.94. The fourth-order valence-corrected chi connectivity index (χ4v) is 4.94. The van der Waals surface area contributed by atoms with Gasteiger partial charge in [-0.15, -0.1) is 0 Å². The summed E-state index contributed by atoms with van der Waals surface area (Å²) in [6, 6.07) is 28.2. The van der Waals surface area contributed by atoms with Gasteiger partial charge in [0.05, 0.1) is 0 Å². The molecule has 3 aromatic rings. The third-order valence-corrected chi connectivity index (χ3v) is 6.52. The van der Waals surface area contributed by atoms with Crippen LogP contribution in [0.5, 0.6) is 0 Å². The molecule has 1 N–H and O–H groups in total. The molecule has 0 aliphatic carbocycles. The molecular formula is C31H32O9. The number of carbonyl (C=O) groups is 3. The van der Waals surface area contributed by atoms with E-state index in [-0.39, 0.29) is 6.61 Å². The van der Waals surface area contributed by atoms with Crippen molar-refractivity contribution in [3.05, 3.63) is 108 Å². The molecule has 1 fully saturated rings. The lowest BCUT2D eigenvalue weighted by Crippen LogP contribution is -2.63. The SMILES string of the molecule is CC(=O)OC[C@H]1O[C@@H](O)[C@H](OC(C)=O)[C@@H](OC(c2ccccc2)(c2ccccc2)c2ccccc2)[C@H]1OC(C)=O. The molecule has 5 atom stereocenters. The first kappa shape index (κ1) is 28.9. The van der Waals surface area contributed by atoms with E-state index in [9.17, 15) is 19.5 Å². The van der Waals surface area contributed by atoms with Gasteiger partial charge < -0.3 is 28.8 Å². The highest BCUT2D eigenvalue weighted by molar-refractivity contribution is 5.67. The molecule has 9 nitrogen and oxygen atoms in total. The molecule has 0 aromatic heterocycles. The summed E-state index contributed by atoms with van der Waals surface area (Å²) >= 11 is 0. The molecule has 0 amide bonds. The van der Waals surface area contributed by atoms with E-state index in [0.29, 0.717) is 0 Å². The quantitative estimate of drug-likeness (QED) is 0.244. The zero-order valence-electron chi connectivity index (χ0n) is 22.5. The van der Waals surface area contributed by atoms with Crippen LogP contribution in [0.25, 0.3) is 0 Å². The second-order valence-corrected chi connectivity index (χ2v) is 9.38. The van der Waals surface area contributed by atoms with Gasteiger partial charge in [0.1, 0.15) is 24.4 Å². The number of esters is 3. The molecule has 0 bridgehead atoms.